The molecule has 0 unspecified atom stereocenters. The maximum Gasteiger partial charge on any atom is 0.336 e. The van der Waals surface area contributed by atoms with E-state index in [1.165, 1.54) is 25.3 Å². The highest BCUT2D eigenvalue weighted by atomic mass is 16.5. The molecule has 0 atom stereocenters. The second-order valence-electron chi connectivity index (χ2n) is 4.07. The van der Waals surface area contributed by atoms with E-state index in [1.54, 1.807) is 24.3 Å². The number of benzene rings is 2. The molecular weight excluding hydrogens is 260 g/mol. The Morgan fingerprint density at radius 3 is 2.30 bits per heavy atom. The number of methoxy groups -OCH3 is 1. The van der Waals surface area contributed by atoms with Crippen molar-refractivity contribution in [2.24, 2.45) is 0 Å². The molecule has 5 nitrogen and oxygen atoms in total. The molecule has 0 saturated carbocycles. The zero-order valence-electron chi connectivity index (χ0n) is 10.7. The molecule has 0 aliphatic carbocycles. The summed E-state index contributed by atoms with van der Waals surface area (Å²) in [7, 11) is 1.44. The smallest absolute Gasteiger partial charge is 0.336 e. The summed E-state index contributed by atoms with van der Waals surface area (Å²) in [5.41, 5.74) is 1.00. The Hall–Kier alpha value is -2.82. The second kappa shape index (κ2) is 5.44. The van der Waals surface area contributed by atoms with Crippen LogP contribution < -0.4 is 4.74 Å². The summed E-state index contributed by atoms with van der Waals surface area (Å²) >= 11 is 0. The van der Waals surface area contributed by atoms with Gasteiger partial charge in [-0.1, -0.05) is 18.2 Å². The number of rotatable bonds is 4. The van der Waals surface area contributed by atoms with Gasteiger partial charge in [-0.25, -0.2) is 9.59 Å². The lowest BCUT2D eigenvalue weighted by Gasteiger charge is -2.12. The van der Waals surface area contributed by atoms with Crippen LogP contribution in [0.5, 0.6) is 5.75 Å². The molecule has 2 aromatic carbocycles. The molecule has 0 spiro atoms. The Morgan fingerprint density at radius 1 is 1.00 bits per heavy atom. The quantitative estimate of drug-likeness (QED) is 0.894. The molecule has 0 radical (unpaired) electrons. The van der Waals surface area contributed by atoms with E-state index in [0.29, 0.717) is 16.9 Å². The SMILES string of the molecule is COc1cccc(C(=O)O)c1-c1cccc(C(=O)O)c1. The predicted octanol–water partition coefficient (Wildman–Crippen LogP) is 2.76. The number of carboxylic acids is 2. The number of hydrogen-bond donors (Lipinski definition) is 2. The summed E-state index contributed by atoms with van der Waals surface area (Å²) in [5, 5.41) is 18.3. The highest BCUT2D eigenvalue weighted by Crippen LogP contribution is 2.33. The summed E-state index contributed by atoms with van der Waals surface area (Å²) in [6.45, 7) is 0. The predicted molar refractivity (Wildman–Crippen MR) is 72.3 cm³/mol. The highest BCUT2D eigenvalue weighted by Gasteiger charge is 2.17. The molecule has 2 rings (SSSR count). The minimum atomic E-state index is -1.10. The van der Waals surface area contributed by atoms with Crippen molar-refractivity contribution in [3.8, 4) is 16.9 Å². The van der Waals surface area contributed by atoms with E-state index in [4.69, 9.17) is 9.84 Å². The molecular formula is C15H12O5. The molecule has 20 heavy (non-hydrogen) atoms. The summed E-state index contributed by atoms with van der Waals surface area (Å²) in [4.78, 5) is 22.3. The Balaban J connectivity index is 2.70. The lowest BCUT2D eigenvalue weighted by molar-refractivity contribution is 0.0687. The van der Waals surface area contributed by atoms with Crippen molar-refractivity contribution in [3.05, 3.63) is 53.6 Å². The van der Waals surface area contributed by atoms with Gasteiger partial charge in [-0.05, 0) is 29.8 Å². The molecule has 0 heterocycles. The van der Waals surface area contributed by atoms with Gasteiger partial charge in [-0.3, -0.25) is 0 Å². The number of carboxylic acid groups (broad SMARTS) is 2. The summed E-state index contributed by atoms with van der Waals surface area (Å²) in [6.07, 6.45) is 0. The summed E-state index contributed by atoms with van der Waals surface area (Å²) in [6, 6.07) is 10.7. The Bertz CT molecular complexity index is 676. The van der Waals surface area contributed by atoms with Crippen LogP contribution in [0, 0.1) is 0 Å². The van der Waals surface area contributed by atoms with Crippen LogP contribution in [0.2, 0.25) is 0 Å². The average molecular weight is 272 g/mol. The van der Waals surface area contributed by atoms with Crippen molar-refractivity contribution < 1.29 is 24.5 Å². The number of hydrogen-bond acceptors (Lipinski definition) is 3. The fourth-order valence-corrected chi connectivity index (χ4v) is 1.98. The largest absolute Gasteiger partial charge is 0.496 e. The zero-order chi connectivity index (χ0) is 14.7. The maximum atomic E-state index is 11.3. The van der Waals surface area contributed by atoms with Crippen LogP contribution in [0.15, 0.2) is 42.5 Å². The van der Waals surface area contributed by atoms with Gasteiger partial charge in [0, 0.05) is 5.56 Å². The molecule has 0 fully saturated rings. The van der Waals surface area contributed by atoms with Crippen LogP contribution in [0.1, 0.15) is 20.7 Å². The average Bonchev–Trinajstić information content (AvgIpc) is 2.46. The van der Waals surface area contributed by atoms with Gasteiger partial charge < -0.3 is 14.9 Å². The van der Waals surface area contributed by atoms with Crippen LogP contribution in [-0.2, 0) is 0 Å². The van der Waals surface area contributed by atoms with Gasteiger partial charge in [0.15, 0.2) is 0 Å². The van der Waals surface area contributed by atoms with Gasteiger partial charge in [0.1, 0.15) is 5.75 Å². The second-order valence-corrected chi connectivity index (χ2v) is 4.07. The van der Waals surface area contributed by atoms with E-state index in [0.717, 1.165) is 0 Å². The fourth-order valence-electron chi connectivity index (χ4n) is 1.98. The van der Waals surface area contributed by atoms with E-state index in [1.807, 2.05) is 0 Å². The Morgan fingerprint density at radius 2 is 1.70 bits per heavy atom. The lowest BCUT2D eigenvalue weighted by atomic mass is 9.97. The molecule has 5 heteroatoms. The molecule has 2 aromatic rings. The standard InChI is InChI=1S/C15H12O5/c1-20-12-7-3-6-11(15(18)19)13(12)9-4-2-5-10(8-9)14(16)17/h2-8H,1H3,(H,16,17)(H,18,19). The monoisotopic (exact) mass is 272 g/mol. The summed E-state index contributed by atoms with van der Waals surface area (Å²) in [5.74, 6) is -1.79. The minimum absolute atomic E-state index is 0.0619. The molecule has 0 amide bonds. The first-order chi connectivity index (χ1) is 9.54. The zero-order valence-corrected chi connectivity index (χ0v) is 10.7. The van der Waals surface area contributed by atoms with Crippen molar-refractivity contribution >= 4 is 11.9 Å². The number of ether oxygens (including phenoxy) is 1. The number of aromatic carboxylic acids is 2. The first-order valence-electron chi connectivity index (χ1n) is 5.78. The van der Waals surface area contributed by atoms with Crippen LogP contribution >= 0.6 is 0 Å². The van der Waals surface area contributed by atoms with E-state index in [9.17, 15) is 14.7 Å². The van der Waals surface area contributed by atoms with Crippen molar-refractivity contribution in [1.82, 2.24) is 0 Å². The molecule has 102 valence electrons. The van der Waals surface area contributed by atoms with Gasteiger partial charge >= 0.3 is 11.9 Å². The van der Waals surface area contributed by atoms with Gasteiger partial charge in [0.25, 0.3) is 0 Å². The maximum absolute atomic E-state index is 11.3. The molecule has 0 aliphatic rings. The molecule has 2 N–H and O–H groups in total. The summed E-state index contributed by atoms with van der Waals surface area (Å²) < 4.78 is 5.18. The van der Waals surface area contributed by atoms with Crippen LogP contribution in [0.4, 0.5) is 0 Å². The third kappa shape index (κ3) is 2.47. The topological polar surface area (TPSA) is 83.8 Å². The van der Waals surface area contributed by atoms with E-state index in [2.05, 4.69) is 0 Å². The van der Waals surface area contributed by atoms with Gasteiger partial charge in [-0.2, -0.15) is 0 Å². The third-order valence-corrected chi connectivity index (χ3v) is 2.87. The highest BCUT2D eigenvalue weighted by molar-refractivity contribution is 5.99. The Kier molecular flexibility index (Phi) is 3.70. The van der Waals surface area contributed by atoms with Crippen molar-refractivity contribution in [2.45, 2.75) is 0 Å². The Labute approximate surface area is 115 Å². The van der Waals surface area contributed by atoms with E-state index in [-0.39, 0.29) is 11.1 Å². The van der Waals surface area contributed by atoms with Crippen LogP contribution in [0.3, 0.4) is 0 Å². The van der Waals surface area contributed by atoms with Crippen molar-refractivity contribution in [1.29, 1.82) is 0 Å². The number of carbonyl (C=O) groups is 2. The van der Waals surface area contributed by atoms with Crippen LogP contribution in [0.25, 0.3) is 11.1 Å². The van der Waals surface area contributed by atoms with Gasteiger partial charge in [0.2, 0.25) is 0 Å². The minimum Gasteiger partial charge on any atom is -0.496 e. The molecule has 0 aliphatic heterocycles. The fraction of sp³-hybridized carbons (Fsp3) is 0.0667. The molecule has 0 aromatic heterocycles. The van der Waals surface area contributed by atoms with E-state index < -0.39 is 11.9 Å². The third-order valence-electron chi connectivity index (χ3n) is 2.87. The van der Waals surface area contributed by atoms with Gasteiger partial charge in [0.05, 0.1) is 18.2 Å². The van der Waals surface area contributed by atoms with Gasteiger partial charge in [-0.15, -0.1) is 0 Å². The lowest BCUT2D eigenvalue weighted by Crippen LogP contribution is -2.02. The molecule has 0 bridgehead atoms. The van der Waals surface area contributed by atoms with Crippen molar-refractivity contribution in [2.75, 3.05) is 7.11 Å². The van der Waals surface area contributed by atoms with E-state index >= 15 is 0 Å². The molecule has 0 saturated heterocycles. The first-order valence-corrected chi connectivity index (χ1v) is 5.78. The first kappa shape index (κ1) is 13.6. The normalized spacial score (nSPS) is 10.1. The van der Waals surface area contributed by atoms with Crippen LogP contribution in [-0.4, -0.2) is 29.3 Å². The van der Waals surface area contributed by atoms with Crippen molar-refractivity contribution in [3.63, 3.8) is 0 Å².